The van der Waals surface area contributed by atoms with Crippen LogP contribution in [-0.4, -0.2) is 80.5 Å². The van der Waals surface area contributed by atoms with Crippen molar-refractivity contribution >= 4 is 11.7 Å². The van der Waals surface area contributed by atoms with Gasteiger partial charge in [0.25, 0.3) is 0 Å². The van der Waals surface area contributed by atoms with Crippen LogP contribution in [0.3, 0.4) is 0 Å². The normalized spacial score (nSPS) is 30.2. The van der Waals surface area contributed by atoms with E-state index >= 15 is 0 Å². The average molecular weight is 499 g/mol. The first-order valence-corrected chi connectivity index (χ1v) is 12.6. The molecule has 0 spiro atoms. The van der Waals surface area contributed by atoms with E-state index in [1.165, 1.54) is 6.20 Å². The second-order valence-corrected chi connectivity index (χ2v) is 10.3. The highest BCUT2D eigenvalue weighted by molar-refractivity contribution is 5.84. The summed E-state index contributed by atoms with van der Waals surface area (Å²) in [5, 5.41) is 3.75. The molecule has 10 heteroatoms. The molecule has 3 heterocycles. The first kappa shape index (κ1) is 26.2. The van der Waals surface area contributed by atoms with E-state index < -0.39 is 17.2 Å². The van der Waals surface area contributed by atoms with Crippen molar-refractivity contribution in [2.75, 3.05) is 51.4 Å². The fourth-order valence-electron chi connectivity index (χ4n) is 5.84. The summed E-state index contributed by atoms with van der Waals surface area (Å²) in [5.41, 5.74) is -1.13. The van der Waals surface area contributed by atoms with Gasteiger partial charge in [0.15, 0.2) is 0 Å². The Labute approximate surface area is 205 Å². The zero-order valence-electron chi connectivity index (χ0n) is 20.8. The molecule has 35 heavy (non-hydrogen) atoms. The Morgan fingerprint density at radius 3 is 2.66 bits per heavy atom. The number of hydrogen-bond donors (Lipinski definition) is 1. The monoisotopic (exact) mass is 498 g/mol. The predicted octanol–water partition coefficient (Wildman–Crippen LogP) is 3.34. The first-order chi connectivity index (χ1) is 16.6. The smallest absolute Gasteiger partial charge is 0.379 e. The van der Waals surface area contributed by atoms with Crippen molar-refractivity contribution in [1.82, 2.24) is 15.2 Å². The van der Waals surface area contributed by atoms with Crippen molar-refractivity contribution in [2.24, 2.45) is 11.3 Å². The van der Waals surface area contributed by atoms with Crippen LogP contribution in [0.25, 0.3) is 0 Å². The van der Waals surface area contributed by atoms with E-state index in [0.717, 1.165) is 37.8 Å². The third-order valence-corrected chi connectivity index (χ3v) is 8.10. The molecule has 1 N–H and O–H groups in total. The van der Waals surface area contributed by atoms with Crippen molar-refractivity contribution in [3.63, 3.8) is 0 Å². The molecule has 1 aromatic heterocycles. The fraction of sp³-hybridized carbons (Fsp3) is 0.760. The number of carbonyl (C=O) groups excluding carboxylic acids is 1. The molecule has 7 nitrogen and oxygen atoms in total. The summed E-state index contributed by atoms with van der Waals surface area (Å²) < 4.78 is 50.4. The van der Waals surface area contributed by atoms with E-state index in [-0.39, 0.29) is 30.0 Å². The highest BCUT2D eigenvalue weighted by Gasteiger charge is 2.50. The summed E-state index contributed by atoms with van der Waals surface area (Å²) in [6.07, 6.45) is 0.256. The standard InChI is InChI=1S/C25H37F3N4O3/c1-17(2)24(7-4-19(15-24)30-20-6-13-35-16-21(20)34-3)23(33)32-11-9-31(10-12-32)22-14-18(5-8-29-22)25(26,27)28/h5,8,14,17,19-21,30H,4,6-7,9-13,15-16H2,1-3H3/t19-,20?,21-,24?/m1/s1. The number of alkyl halides is 3. The van der Waals surface area contributed by atoms with Crippen molar-refractivity contribution < 1.29 is 27.4 Å². The third kappa shape index (κ3) is 5.59. The Balaban J connectivity index is 1.38. The van der Waals surface area contributed by atoms with Crippen LogP contribution in [0, 0.1) is 11.3 Å². The second kappa shape index (κ2) is 10.6. The maximum atomic E-state index is 13.8. The molecule has 0 radical (unpaired) electrons. The van der Waals surface area contributed by atoms with E-state index in [2.05, 4.69) is 24.1 Å². The molecule has 0 bridgehead atoms. The Kier molecular flexibility index (Phi) is 7.92. The zero-order valence-corrected chi connectivity index (χ0v) is 20.8. The van der Waals surface area contributed by atoms with Crippen LogP contribution in [0.5, 0.6) is 0 Å². The molecule has 4 atom stereocenters. The Bertz CT molecular complexity index is 876. The van der Waals surface area contributed by atoms with E-state index in [1.54, 1.807) is 7.11 Å². The van der Waals surface area contributed by atoms with Crippen LogP contribution in [0.1, 0.15) is 45.1 Å². The number of aromatic nitrogens is 1. The molecule has 1 aromatic rings. The molecule has 1 aliphatic carbocycles. The van der Waals surface area contributed by atoms with Crippen molar-refractivity contribution in [3.8, 4) is 0 Å². The predicted molar refractivity (Wildman–Crippen MR) is 126 cm³/mol. The van der Waals surface area contributed by atoms with Gasteiger partial charge in [-0.05, 0) is 43.7 Å². The summed E-state index contributed by atoms with van der Waals surface area (Å²) in [6.45, 7) is 7.43. The zero-order chi connectivity index (χ0) is 25.2. The van der Waals surface area contributed by atoms with Gasteiger partial charge in [0.05, 0.1) is 23.7 Å². The summed E-state index contributed by atoms with van der Waals surface area (Å²) in [6, 6.07) is 2.54. The van der Waals surface area contributed by atoms with E-state index in [9.17, 15) is 18.0 Å². The van der Waals surface area contributed by atoms with Crippen LogP contribution in [0.15, 0.2) is 18.3 Å². The fourth-order valence-corrected chi connectivity index (χ4v) is 5.84. The largest absolute Gasteiger partial charge is 0.416 e. The van der Waals surface area contributed by atoms with Crippen LogP contribution in [-0.2, 0) is 20.4 Å². The molecular weight excluding hydrogens is 461 g/mol. The van der Waals surface area contributed by atoms with Crippen LogP contribution < -0.4 is 10.2 Å². The number of amides is 1. The van der Waals surface area contributed by atoms with Crippen molar-refractivity contribution in [2.45, 2.75) is 63.9 Å². The summed E-state index contributed by atoms with van der Waals surface area (Å²) in [4.78, 5) is 21.7. The lowest BCUT2D eigenvalue weighted by Crippen LogP contribution is -2.55. The van der Waals surface area contributed by atoms with Crippen molar-refractivity contribution in [1.29, 1.82) is 0 Å². The maximum Gasteiger partial charge on any atom is 0.416 e. The number of nitrogens with one attached hydrogen (secondary N) is 1. The van der Waals surface area contributed by atoms with Crippen LogP contribution in [0.2, 0.25) is 0 Å². The average Bonchev–Trinajstić information content (AvgIpc) is 3.29. The lowest BCUT2D eigenvalue weighted by Gasteiger charge is -2.42. The highest BCUT2D eigenvalue weighted by Crippen LogP contribution is 2.46. The number of hydrogen-bond acceptors (Lipinski definition) is 6. The molecule has 3 fully saturated rings. The maximum absolute atomic E-state index is 13.8. The minimum atomic E-state index is -4.40. The summed E-state index contributed by atoms with van der Waals surface area (Å²) in [7, 11) is 1.71. The molecule has 4 rings (SSSR count). The van der Waals surface area contributed by atoms with Crippen molar-refractivity contribution in [3.05, 3.63) is 23.9 Å². The van der Waals surface area contributed by atoms with Crippen LogP contribution >= 0.6 is 0 Å². The molecule has 2 aliphatic heterocycles. The Morgan fingerprint density at radius 2 is 2.00 bits per heavy atom. The van der Waals surface area contributed by atoms with Gasteiger partial charge in [0, 0.05) is 58.2 Å². The Morgan fingerprint density at radius 1 is 1.26 bits per heavy atom. The molecule has 2 unspecified atom stereocenters. The summed E-state index contributed by atoms with van der Waals surface area (Å²) >= 11 is 0. The number of methoxy groups -OCH3 is 1. The van der Waals surface area contributed by atoms with Gasteiger partial charge in [-0.15, -0.1) is 0 Å². The minimum Gasteiger partial charge on any atom is -0.379 e. The lowest BCUT2D eigenvalue weighted by molar-refractivity contribution is -0.145. The second-order valence-electron chi connectivity index (χ2n) is 10.3. The topological polar surface area (TPSA) is 66.9 Å². The number of ether oxygens (including phenoxy) is 2. The van der Waals surface area contributed by atoms with Gasteiger partial charge in [-0.1, -0.05) is 13.8 Å². The molecule has 196 valence electrons. The minimum absolute atomic E-state index is 0.0195. The number of piperazine rings is 1. The Hall–Kier alpha value is -1.91. The molecule has 3 aliphatic rings. The number of rotatable bonds is 6. The molecule has 1 saturated carbocycles. The summed E-state index contributed by atoms with van der Waals surface area (Å²) in [5.74, 6) is 0.668. The molecule has 2 saturated heterocycles. The van der Waals surface area contributed by atoms with Gasteiger partial charge in [0.2, 0.25) is 5.91 Å². The van der Waals surface area contributed by atoms with Gasteiger partial charge in [-0.3, -0.25) is 4.79 Å². The number of carbonyl (C=O) groups is 1. The van der Waals surface area contributed by atoms with E-state index in [1.807, 2.05) is 9.80 Å². The number of pyridine rings is 1. The number of halogens is 3. The van der Waals surface area contributed by atoms with Gasteiger partial charge in [-0.25, -0.2) is 4.98 Å². The van der Waals surface area contributed by atoms with Gasteiger partial charge in [0.1, 0.15) is 5.82 Å². The van der Waals surface area contributed by atoms with E-state index in [4.69, 9.17) is 9.47 Å². The number of nitrogens with zero attached hydrogens (tertiary/aromatic N) is 3. The highest BCUT2D eigenvalue weighted by atomic mass is 19.4. The molecule has 1 amide bonds. The number of anilines is 1. The molecular formula is C25H37F3N4O3. The quantitative estimate of drug-likeness (QED) is 0.649. The third-order valence-electron chi connectivity index (χ3n) is 8.10. The lowest BCUT2D eigenvalue weighted by atomic mass is 9.74. The molecule has 0 aromatic carbocycles. The van der Waals surface area contributed by atoms with E-state index in [0.29, 0.717) is 45.2 Å². The van der Waals surface area contributed by atoms with Gasteiger partial charge in [-0.2, -0.15) is 13.2 Å². The van der Waals surface area contributed by atoms with Gasteiger partial charge < -0.3 is 24.6 Å². The van der Waals surface area contributed by atoms with Crippen LogP contribution in [0.4, 0.5) is 19.0 Å². The van der Waals surface area contributed by atoms with Gasteiger partial charge >= 0.3 is 6.18 Å². The SMILES string of the molecule is CO[C@@H]1COCCC1N[C@@H]1CCC(C(=O)N2CCN(c3cc(C(F)(F)F)ccn3)CC2)(C(C)C)C1. The first-order valence-electron chi connectivity index (χ1n) is 12.6.